The third-order valence-corrected chi connectivity index (χ3v) is 4.16. The number of carbonyl (C=O) groups excluding carboxylic acids is 1. The molecular weight excluding hydrogens is 276 g/mol. The van der Waals surface area contributed by atoms with Crippen LogP contribution in [0.2, 0.25) is 0 Å². The number of piperazine rings is 1. The van der Waals surface area contributed by atoms with Gasteiger partial charge in [-0.2, -0.15) is 0 Å². The van der Waals surface area contributed by atoms with E-state index in [1.807, 2.05) is 17.0 Å². The molecule has 0 N–H and O–H groups in total. The van der Waals surface area contributed by atoms with E-state index < -0.39 is 0 Å². The molecule has 0 aromatic heterocycles. The lowest BCUT2D eigenvalue weighted by Crippen LogP contribution is -2.49. The first-order valence-corrected chi connectivity index (χ1v) is 7.41. The number of methoxy groups -OCH3 is 1. The zero-order valence-electron chi connectivity index (χ0n) is 12.0. The van der Waals surface area contributed by atoms with E-state index in [2.05, 4.69) is 24.0 Å². The number of carbonyl (C=O) groups is 1. The van der Waals surface area contributed by atoms with Crippen molar-refractivity contribution in [2.24, 2.45) is 0 Å². The van der Waals surface area contributed by atoms with Crippen molar-refractivity contribution in [1.82, 2.24) is 9.80 Å². The second-order valence-electron chi connectivity index (χ2n) is 5.00. The van der Waals surface area contributed by atoms with Gasteiger partial charge in [0.1, 0.15) is 11.6 Å². The third-order valence-electron chi connectivity index (χ3n) is 3.93. The fourth-order valence-corrected chi connectivity index (χ4v) is 2.71. The standard InChI is InChI=1S/C15H21ClN2O2/c1-12(13-3-5-14(20-2)6-4-13)17-7-9-18(10-8-17)15(19)11-16/h3-6,12H,7-11H2,1-2H3/t12-/m0/s1. The monoisotopic (exact) mass is 296 g/mol. The highest BCUT2D eigenvalue weighted by Gasteiger charge is 2.24. The Morgan fingerprint density at radius 3 is 2.35 bits per heavy atom. The van der Waals surface area contributed by atoms with E-state index >= 15 is 0 Å². The summed E-state index contributed by atoms with van der Waals surface area (Å²) in [5.41, 5.74) is 1.27. The number of benzene rings is 1. The fraction of sp³-hybridized carbons (Fsp3) is 0.533. The second-order valence-corrected chi connectivity index (χ2v) is 5.27. The van der Waals surface area contributed by atoms with E-state index in [0.717, 1.165) is 31.9 Å². The molecule has 1 heterocycles. The molecule has 1 saturated heterocycles. The van der Waals surface area contributed by atoms with Gasteiger partial charge in [0.15, 0.2) is 0 Å². The van der Waals surface area contributed by atoms with E-state index in [4.69, 9.17) is 16.3 Å². The minimum absolute atomic E-state index is 0.0309. The molecule has 1 aromatic rings. The molecule has 1 amide bonds. The van der Waals surface area contributed by atoms with Gasteiger partial charge in [-0.25, -0.2) is 0 Å². The molecule has 1 aliphatic heterocycles. The maximum Gasteiger partial charge on any atom is 0.237 e. The molecule has 1 fully saturated rings. The van der Waals surface area contributed by atoms with Crippen LogP contribution in [-0.2, 0) is 4.79 Å². The van der Waals surface area contributed by atoms with Crippen LogP contribution in [0.25, 0.3) is 0 Å². The smallest absolute Gasteiger partial charge is 0.237 e. The summed E-state index contributed by atoms with van der Waals surface area (Å²) < 4.78 is 5.18. The van der Waals surface area contributed by atoms with Crippen LogP contribution in [0.3, 0.4) is 0 Å². The van der Waals surface area contributed by atoms with Crippen molar-refractivity contribution >= 4 is 17.5 Å². The number of halogens is 1. The lowest BCUT2D eigenvalue weighted by atomic mass is 10.1. The predicted molar refractivity (Wildman–Crippen MR) is 80.3 cm³/mol. The van der Waals surface area contributed by atoms with Crippen molar-refractivity contribution in [3.05, 3.63) is 29.8 Å². The Kier molecular flexibility index (Phi) is 5.26. The van der Waals surface area contributed by atoms with Gasteiger partial charge in [-0.1, -0.05) is 12.1 Å². The molecule has 1 aromatic carbocycles. The Hall–Kier alpha value is -1.26. The van der Waals surface area contributed by atoms with Gasteiger partial charge < -0.3 is 9.64 Å². The van der Waals surface area contributed by atoms with Crippen LogP contribution in [0.4, 0.5) is 0 Å². The van der Waals surface area contributed by atoms with Gasteiger partial charge in [0.25, 0.3) is 0 Å². The van der Waals surface area contributed by atoms with Crippen LogP contribution in [0, 0.1) is 0 Å². The Bertz CT molecular complexity index is 442. The molecule has 0 unspecified atom stereocenters. The maximum atomic E-state index is 11.5. The molecule has 0 saturated carbocycles. The summed E-state index contributed by atoms with van der Waals surface area (Å²) in [7, 11) is 1.67. The quantitative estimate of drug-likeness (QED) is 0.798. The van der Waals surface area contributed by atoms with Crippen molar-refractivity contribution in [1.29, 1.82) is 0 Å². The molecule has 2 rings (SSSR count). The Balaban J connectivity index is 1.93. The molecule has 20 heavy (non-hydrogen) atoms. The van der Waals surface area contributed by atoms with Crippen molar-refractivity contribution in [3.63, 3.8) is 0 Å². The van der Waals surface area contributed by atoms with Crippen LogP contribution in [0.5, 0.6) is 5.75 Å². The summed E-state index contributed by atoms with van der Waals surface area (Å²) in [5.74, 6) is 0.982. The highest BCUT2D eigenvalue weighted by atomic mass is 35.5. The van der Waals surface area contributed by atoms with Crippen LogP contribution in [0.1, 0.15) is 18.5 Å². The molecule has 0 spiro atoms. The molecule has 110 valence electrons. The van der Waals surface area contributed by atoms with Gasteiger partial charge in [-0.15, -0.1) is 11.6 Å². The summed E-state index contributed by atoms with van der Waals surface area (Å²) in [5, 5.41) is 0. The average molecular weight is 297 g/mol. The molecule has 1 atom stereocenters. The first kappa shape index (κ1) is 15.1. The van der Waals surface area contributed by atoms with Crippen molar-refractivity contribution in [2.45, 2.75) is 13.0 Å². The number of rotatable bonds is 4. The minimum Gasteiger partial charge on any atom is -0.497 e. The van der Waals surface area contributed by atoms with E-state index in [9.17, 15) is 4.79 Å². The van der Waals surface area contributed by atoms with Gasteiger partial charge in [0, 0.05) is 32.2 Å². The van der Waals surface area contributed by atoms with E-state index in [0.29, 0.717) is 6.04 Å². The van der Waals surface area contributed by atoms with Crippen molar-refractivity contribution in [2.75, 3.05) is 39.2 Å². The van der Waals surface area contributed by atoms with E-state index in [1.54, 1.807) is 7.11 Å². The van der Waals surface area contributed by atoms with Gasteiger partial charge in [0.05, 0.1) is 7.11 Å². The highest BCUT2D eigenvalue weighted by molar-refractivity contribution is 6.27. The Morgan fingerprint density at radius 2 is 1.85 bits per heavy atom. The van der Waals surface area contributed by atoms with Crippen LogP contribution in [-0.4, -0.2) is 54.9 Å². The third kappa shape index (κ3) is 3.44. The first-order chi connectivity index (χ1) is 9.65. The number of hydrogen-bond acceptors (Lipinski definition) is 3. The lowest BCUT2D eigenvalue weighted by molar-refractivity contribution is -0.130. The van der Waals surface area contributed by atoms with Crippen LogP contribution < -0.4 is 4.74 Å². The number of amides is 1. The number of alkyl halides is 1. The van der Waals surface area contributed by atoms with Crippen LogP contribution >= 0.6 is 11.6 Å². The zero-order chi connectivity index (χ0) is 14.5. The largest absolute Gasteiger partial charge is 0.497 e. The summed E-state index contributed by atoms with van der Waals surface area (Å²) >= 11 is 5.59. The first-order valence-electron chi connectivity index (χ1n) is 6.87. The van der Waals surface area contributed by atoms with Gasteiger partial charge in [-0.05, 0) is 24.6 Å². The molecule has 5 heteroatoms. The molecule has 0 aliphatic carbocycles. The normalized spacial score (nSPS) is 17.9. The number of hydrogen-bond donors (Lipinski definition) is 0. The fourth-order valence-electron chi connectivity index (χ4n) is 2.54. The van der Waals surface area contributed by atoms with E-state index in [-0.39, 0.29) is 11.8 Å². The predicted octanol–water partition coefficient (Wildman–Crippen LogP) is 2.14. The number of ether oxygens (including phenoxy) is 1. The molecular formula is C15H21ClN2O2. The molecule has 0 bridgehead atoms. The summed E-state index contributed by atoms with van der Waals surface area (Å²) in [4.78, 5) is 15.8. The SMILES string of the molecule is COc1ccc([C@H](C)N2CCN(C(=O)CCl)CC2)cc1. The topological polar surface area (TPSA) is 32.8 Å². The molecule has 0 radical (unpaired) electrons. The van der Waals surface area contributed by atoms with Gasteiger partial charge >= 0.3 is 0 Å². The Morgan fingerprint density at radius 1 is 1.25 bits per heavy atom. The maximum absolute atomic E-state index is 11.5. The molecule has 4 nitrogen and oxygen atoms in total. The highest BCUT2D eigenvalue weighted by Crippen LogP contribution is 2.23. The Labute approximate surface area is 125 Å². The lowest BCUT2D eigenvalue weighted by Gasteiger charge is -2.38. The summed E-state index contributed by atoms with van der Waals surface area (Å²) in [6.45, 7) is 5.48. The van der Waals surface area contributed by atoms with Gasteiger partial charge in [0.2, 0.25) is 5.91 Å². The molecule has 1 aliphatic rings. The van der Waals surface area contributed by atoms with Crippen molar-refractivity contribution < 1.29 is 9.53 Å². The minimum atomic E-state index is 0.0309. The summed E-state index contributed by atoms with van der Waals surface area (Å²) in [6.07, 6.45) is 0. The van der Waals surface area contributed by atoms with Gasteiger partial charge in [-0.3, -0.25) is 9.69 Å². The van der Waals surface area contributed by atoms with E-state index in [1.165, 1.54) is 5.56 Å². The summed E-state index contributed by atoms with van der Waals surface area (Å²) in [6, 6.07) is 8.51. The average Bonchev–Trinajstić information content (AvgIpc) is 2.53. The zero-order valence-corrected chi connectivity index (χ0v) is 12.8. The van der Waals surface area contributed by atoms with Crippen molar-refractivity contribution in [3.8, 4) is 5.75 Å². The second kappa shape index (κ2) is 6.95. The van der Waals surface area contributed by atoms with Crippen LogP contribution in [0.15, 0.2) is 24.3 Å². The number of nitrogens with zero attached hydrogens (tertiary/aromatic N) is 2.